The predicted octanol–water partition coefficient (Wildman–Crippen LogP) is 2.40. The van der Waals surface area contributed by atoms with Crippen molar-refractivity contribution >= 4 is 23.2 Å². The van der Waals surface area contributed by atoms with Gasteiger partial charge in [-0.3, -0.25) is 9.78 Å². The lowest BCUT2D eigenvalue weighted by atomic mass is 10.2. The third kappa shape index (κ3) is 2.75. The van der Waals surface area contributed by atoms with Gasteiger partial charge in [0, 0.05) is 6.20 Å². The Hall–Kier alpha value is -2.14. The van der Waals surface area contributed by atoms with Crippen LogP contribution in [-0.2, 0) is 0 Å². The first kappa shape index (κ1) is 12.3. The number of carbonyl (C=O) groups is 1. The van der Waals surface area contributed by atoms with Gasteiger partial charge in [0.25, 0.3) is 5.91 Å². The minimum atomic E-state index is -0.370. The van der Waals surface area contributed by atoms with Gasteiger partial charge in [0.05, 0.1) is 23.1 Å². The van der Waals surface area contributed by atoms with E-state index < -0.39 is 0 Å². The Morgan fingerprint density at radius 3 is 2.83 bits per heavy atom. The van der Waals surface area contributed by atoms with Gasteiger partial charge in [0.1, 0.15) is 10.9 Å². The molecule has 0 spiro atoms. The molecule has 2 rings (SSSR count). The summed E-state index contributed by atoms with van der Waals surface area (Å²) in [4.78, 5) is 19.6. The number of anilines is 1. The van der Waals surface area contributed by atoms with Gasteiger partial charge >= 0.3 is 0 Å². The summed E-state index contributed by atoms with van der Waals surface area (Å²) in [5.74, 6) is -0.431. The third-order valence-corrected chi connectivity index (χ3v) is 2.50. The molecule has 0 unspecified atom stereocenters. The van der Waals surface area contributed by atoms with Crippen LogP contribution in [0.5, 0.6) is 5.75 Å². The highest BCUT2D eigenvalue weighted by atomic mass is 35.5. The molecule has 2 aromatic rings. The molecular weight excluding hydrogens is 254 g/mol. The highest BCUT2D eigenvalue weighted by molar-refractivity contribution is 6.29. The van der Waals surface area contributed by atoms with Gasteiger partial charge in [0.15, 0.2) is 0 Å². The second-order valence-corrected chi connectivity index (χ2v) is 4.04. The third-order valence-electron chi connectivity index (χ3n) is 2.29. The van der Waals surface area contributed by atoms with E-state index in [1.165, 1.54) is 18.5 Å². The second kappa shape index (κ2) is 5.01. The highest BCUT2D eigenvalue weighted by Gasteiger charge is 2.09. The Labute approximate surface area is 108 Å². The van der Waals surface area contributed by atoms with Crippen molar-refractivity contribution in [3.63, 3.8) is 0 Å². The van der Waals surface area contributed by atoms with E-state index in [-0.39, 0.29) is 17.2 Å². The molecule has 0 bridgehead atoms. The SMILES string of the molecule is Cc1nc(Cl)ccc1NC(=O)c1cncc(O)c1. The standard InChI is InChI=1S/C12H10ClN3O2/c1-7-10(2-3-11(13)15-7)16-12(18)8-4-9(17)6-14-5-8/h2-6,17H,1H3,(H,16,18). The van der Waals surface area contributed by atoms with E-state index >= 15 is 0 Å². The summed E-state index contributed by atoms with van der Waals surface area (Å²) < 4.78 is 0. The Kier molecular flexibility index (Phi) is 3.43. The van der Waals surface area contributed by atoms with Crippen LogP contribution in [0.2, 0.25) is 5.15 Å². The van der Waals surface area contributed by atoms with Crippen LogP contribution in [0.1, 0.15) is 16.1 Å². The van der Waals surface area contributed by atoms with Crippen molar-refractivity contribution in [3.8, 4) is 5.75 Å². The number of aryl methyl sites for hydroxylation is 1. The zero-order chi connectivity index (χ0) is 13.1. The fourth-order valence-electron chi connectivity index (χ4n) is 1.41. The van der Waals surface area contributed by atoms with E-state index in [1.807, 2.05) is 0 Å². The smallest absolute Gasteiger partial charge is 0.257 e. The van der Waals surface area contributed by atoms with Gasteiger partial charge in [-0.15, -0.1) is 0 Å². The van der Waals surface area contributed by atoms with Crippen molar-refractivity contribution in [1.82, 2.24) is 9.97 Å². The van der Waals surface area contributed by atoms with Crippen molar-refractivity contribution in [3.05, 3.63) is 47.0 Å². The Bertz CT molecular complexity index is 602. The number of amides is 1. The summed E-state index contributed by atoms with van der Waals surface area (Å²) in [6.07, 6.45) is 2.62. The van der Waals surface area contributed by atoms with Crippen LogP contribution in [0.3, 0.4) is 0 Å². The molecule has 0 radical (unpaired) electrons. The topological polar surface area (TPSA) is 75.1 Å². The van der Waals surface area contributed by atoms with Crippen molar-refractivity contribution in [2.45, 2.75) is 6.92 Å². The maximum Gasteiger partial charge on any atom is 0.257 e. The van der Waals surface area contributed by atoms with E-state index in [0.29, 0.717) is 16.5 Å². The maximum absolute atomic E-state index is 11.9. The van der Waals surface area contributed by atoms with Crippen LogP contribution >= 0.6 is 11.6 Å². The van der Waals surface area contributed by atoms with Crippen LogP contribution in [0, 0.1) is 6.92 Å². The molecule has 0 aliphatic carbocycles. The molecule has 0 atom stereocenters. The summed E-state index contributed by atoms with van der Waals surface area (Å²) in [5.41, 5.74) is 1.45. The molecule has 0 saturated carbocycles. The highest BCUT2D eigenvalue weighted by Crippen LogP contribution is 2.17. The largest absolute Gasteiger partial charge is 0.506 e. The lowest BCUT2D eigenvalue weighted by Gasteiger charge is -2.07. The van der Waals surface area contributed by atoms with Gasteiger partial charge in [-0.2, -0.15) is 0 Å². The molecular formula is C12H10ClN3O2. The number of rotatable bonds is 2. The van der Waals surface area contributed by atoms with E-state index in [9.17, 15) is 9.90 Å². The number of nitrogens with zero attached hydrogens (tertiary/aromatic N) is 2. The fourth-order valence-corrected chi connectivity index (χ4v) is 1.60. The first-order valence-corrected chi connectivity index (χ1v) is 5.52. The number of aromatic nitrogens is 2. The molecule has 0 aliphatic rings. The normalized spacial score (nSPS) is 10.1. The average Bonchev–Trinajstić information content (AvgIpc) is 2.32. The lowest BCUT2D eigenvalue weighted by Crippen LogP contribution is -2.13. The van der Waals surface area contributed by atoms with Gasteiger partial charge < -0.3 is 10.4 Å². The summed E-state index contributed by atoms with van der Waals surface area (Å²) in [7, 11) is 0. The van der Waals surface area contributed by atoms with E-state index in [0.717, 1.165) is 0 Å². The molecule has 6 heteroatoms. The molecule has 2 aromatic heterocycles. The Balaban J connectivity index is 2.21. The zero-order valence-electron chi connectivity index (χ0n) is 9.51. The summed E-state index contributed by atoms with van der Waals surface area (Å²) >= 11 is 5.72. The Morgan fingerprint density at radius 2 is 2.17 bits per heavy atom. The Morgan fingerprint density at radius 1 is 1.39 bits per heavy atom. The molecule has 92 valence electrons. The summed E-state index contributed by atoms with van der Waals surface area (Å²) in [6.45, 7) is 1.74. The van der Waals surface area contributed by atoms with Gasteiger partial charge in [-0.25, -0.2) is 4.98 Å². The van der Waals surface area contributed by atoms with Crippen molar-refractivity contribution < 1.29 is 9.90 Å². The minimum Gasteiger partial charge on any atom is -0.506 e. The van der Waals surface area contributed by atoms with Gasteiger partial charge in [-0.1, -0.05) is 11.6 Å². The number of aromatic hydroxyl groups is 1. The number of halogens is 1. The molecule has 2 N–H and O–H groups in total. The summed E-state index contributed by atoms with van der Waals surface area (Å²) in [6, 6.07) is 4.59. The number of hydrogen-bond donors (Lipinski definition) is 2. The lowest BCUT2D eigenvalue weighted by molar-refractivity contribution is 0.102. The minimum absolute atomic E-state index is 0.0615. The van der Waals surface area contributed by atoms with Crippen molar-refractivity contribution in [2.75, 3.05) is 5.32 Å². The molecule has 0 fully saturated rings. The van der Waals surface area contributed by atoms with E-state index in [1.54, 1.807) is 19.1 Å². The van der Waals surface area contributed by atoms with Gasteiger partial charge in [-0.05, 0) is 25.1 Å². The first-order valence-electron chi connectivity index (χ1n) is 5.15. The van der Waals surface area contributed by atoms with Gasteiger partial charge in [0.2, 0.25) is 0 Å². The van der Waals surface area contributed by atoms with Crippen molar-refractivity contribution in [2.24, 2.45) is 0 Å². The molecule has 0 saturated heterocycles. The maximum atomic E-state index is 11.9. The second-order valence-electron chi connectivity index (χ2n) is 3.65. The summed E-state index contributed by atoms with van der Waals surface area (Å²) in [5, 5.41) is 12.3. The monoisotopic (exact) mass is 263 g/mol. The molecule has 5 nitrogen and oxygen atoms in total. The first-order chi connectivity index (χ1) is 8.56. The number of pyridine rings is 2. The molecule has 2 heterocycles. The van der Waals surface area contributed by atoms with Crippen LogP contribution in [0.25, 0.3) is 0 Å². The van der Waals surface area contributed by atoms with Crippen LogP contribution in [-0.4, -0.2) is 21.0 Å². The van der Waals surface area contributed by atoms with Crippen LogP contribution < -0.4 is 5.32 Å². The average molecular weight is 264 g/mol. The quantitative estimate of drug-likeness (QED) is 0.816. The van der Waals surface area contributed by atoms with E-state index in [2.05, 4.69) is 15.3 Å². The predicted molar refractivity (Wildman–Crippen MR) is 67.8 cm³/mol. The van der Waals surface area contributed by atoms with Crippen molar-refractivity contribution in [1.29, 1.82) is 0 Å². The van der Waals surface area contributed by atoms with Crippen LogP contribution in [0.4, 0.5) is 5.69 Å². The molecule has 18 heavy (non-hydrogen) atoms. The molecule has 1 amide bonds. The number of hydrogen-bond acceptors (Lipinski definition) is 4. The van der Waals surface area contributed by atoms with E-state index in [4.69, 9.17) is 11.6 Å². The zero-order valence-corrected chi connectivity index (χ0v) is 10.3. The molecule has 0 aliphatic heterocycles. The number of carbonyl (C=O) groups excluding carboxylic acids is 1. The van der Waals surface area contributed by atoms with Crippen LogP contribution in [0.15, 0.2) is 30.6 Å². The fraction of sp³-hybridized carbons (Fsp3) is 0.0833. The number of nitrogens with one attached hydrogen (secondary N) is 1. The molecule has 0 aromatic carbocycles.